The molecule has 2 amide bonds. The van der Waals surface area contributed by atoms with Gasteiger partial charge >= 0.3 is 0 Å². The zero-order chi connectivity index (χ0) is 17.8. The van der Waals surface area contributed by atoms with Crippen molar-refractivity contribution in [2.24, 2.45) is 15.3 Å². The van der Waals surface area contributed by atoms with Crippen molar-refractivity contribution in [3.8, 4) is 5.75 Å². The minimum Gasteiger partial charge on any atom is -0.497 e. The quantitative estimate of drug-likeness (QED) is 0.632. The van der Waals surface area contributed by atoms with Crippen molar-refractivity contribution in [3.63, 3.8) is 0 Å². The number of hydrazone groups is 1. The molecule has 0 fully saturated rings. The summed E-state index contributed by atoms with van der Waals surface area (Å²) in [6.45, 7) is 1.63. The number of rotatable bonds is 4. The minimum atomic E-state index is -0.909. The van der Waals surface area contributed by atoms with Gasteiger partial charge in [0.15, 0.2) is 6.04 Å². The van der Waals surface area contributed by atoms with E-state index in [1.807, 2.05) is 0 Å². The highest BCUT2D eigenvalue weighted by Crippen LogP contribution is 2.21. The number of imide groups is 1. The van der Waals surface area contributed by atoms with Gasteiger partial charge in [-0.2, -0.15) is 20.3 Å². The fraction of sp³-hybridized carbons (Fsp3) is 0.176. The van der Waals surface area contributed by atoms with Gasteiger partial charge in [-0.15, -0.1) is 0 Å². The van der Waals surface area contributed by atoms with E-state index in [9.17, 15) is 9.59 Å². The molecule has 0 unspecified atom stereocenters. The number of ether oxygens (including phenoxy) is 1. The van der Waals surface area contributed by atoms with Crippen LogP contribution in [0, 0.1) is 0 Å². The molecule has 2 aromatic rings. The van der Waals surface area contributed by atoms with Crippen molar-refractivity contribution in [2.75, 3.05) is 7.11 Å². The van der Waals surface area contributed by atoms with E-state index < -0.39 is 17.9 Å². The average Bonchev–Trinajstić information content (AvgIpc) is 2.94. The van der Waals surface area contributed by atoms with Gasteiger partial charge in [-0.05, 0) is 43.3 Å². The minimum absolute atomic E-state index is 0.327. The van der Waals surface area contributed by atoms with Crippen molar-refractivity contribution >= 4 is 23.2 Å². The number of methoxy groups -OCH3 is 1. The number of carbonyl (C=O) groups is 2. The maximum absolute atomic E-state index is 12.5. The van der Waals surface area contributed by atoms with Gasteiger partial charge in [0, 0.05) is 18.0 Å². The Labute approximate surface area is 143 Å². The maximum Gasteiger partial charge on any atom is 0.282 e. The van der Waals surface area contributed by atoms with E-state index in [0.717, 1.165) is 5.01 Å². The number of hydrogen-bond donors (Lipinski definition) is 0. The predicted molar refractivity (Wildman–Crippen MR) is 89.8 cm³/mol. The third kappa shape index (κ3) is 3.42. The Hall–Kier alpha value is -3.42. The van der Waals surface area contributed by atoms with Crippen LogP contribution in [-0.4, -0.2) is 40.7 Å². The Kier molecular flexibility index (Phi) is 4.60. The Morgan fingerprint density at radius 3 is 2.48 bits per heavy atom. The number of carbonyl (C=O) groups excluding carboxylic acids is 2. The Morgan fingerprint density at radius 1 is 1.16 bits per heavy atom. The maximum atomic E-state index is 12.5. The number of amides is 2. The fourth-order valence-corrected chi connectivity index (χ4v) is 2.22. The van der Waals surface area contributed by atoms with E-state index in [4.69, 9.17) is 4.74 Å². The fourth-order valence-electron chi connectivity index (χ4n) is 2.22. The van der Waals surface area contributed by atoms with Crippen LogP contribution in [0.2, 0.25) is 0 Å². The van der Waals surface area contributed by atoms with Gasteiger partial charge in [-0.25, -0.2) is 0 Å². The monoisotopic (exact) mass is 337 g/mol. The van der Waals surface area contributed by atoms with Crippen LogP contribution in [0.15, 0.2) is 64.1 Å². The predicted octanol–water partition coefficient (Wildman–Crippen LogP) is 2.60. The molecule has 0 radical (unpaired) electrons. The lowest BCUT2D eigenvalue weighted by Gasteiger charge is -2.10. The summed E-state index contributed by atoms with van der Waals surface area (Å²) >= 11 is 0. The first-order valence-corrected chi connectivity index (χ1v) is 7.48. The third-order valence-electron chi connectivity index (χ3n) is 3.58. The molecule has 2 heterocycles. The zero-order valence-electron chi connectivity index (χ0n) is 13.7. The standard InChI is InChI=1S/C17H15N5O3/c1-11-15(20-19-13-3-5-14(25-2)6-4-13)17(24)22(21-11)16(23)12-7-9-18-10-8-12/h3-10,15H,1-2H3/t15-/m1/s1. The molecule has 1 aromatic heterocycles. The SMILES string of the molecule is COc1ccc(N=N[C@H]2C(=O)N(C(=O)c3ccncc3)N=C2C)cc1. The lowest BCUT2D eigenvalue weighted by Crippen LogP contribution is -2.34. The Morgan fingerprint density at radius 2 is 1.84 bits per heavy atom. The molecule has 8 nitrogen and oxygen atoms in total. The summed E-state index contributed by atoms with van der Waals surface area (Å²) in [5, 5.41) is 12.9. The largest absolute Gasteiger partial charge is 0.497 e. The molecule has 1 atom stereocenters. The molecule has 0 N–H and O–H groups in total. The van der Waals surface area contributed by atoms with Gasteiger partial charge in [-0.3, -0.25) is 14.6 Å². The van der Waals surface area contributed by atoms with Crippen molar-refractivity contribution in [3.05, 3.63) is 54.4 Å². The van der Waals surface area contributed by atoms with Gasteiger partial charge in [-0.1, -0.05) is 0 Å². The lowest BCUT2D eigenvalue weighted by molar-refractivity contribution is -0.127. The number of nitrogens with zero attached hydrogens (tertiary/aromatic N) is 5. The van der Waals surface area contributed by atoms with Crippen molar-refractivity contribution in [1.29, 1.82) is 0 Å². The molecular formula is C17H15N5O3. The van der Waals surface area contributed by atoms with Crippen LogP contribution < -0.4 is 4.74 Å². The van der Waals surface area contributed by atoms with E-state index >= 15 is 0 Å². The van der Waals surface area contributed by atoms with Crippen LogP contribution >= 0.6 is 0 Å². The average molecular weight is 337 g/mol. The van der Waals surface area contributed by atoms with Crippen LogP contribution in [0.3, 0.4) is 0 Å². The summed E-state index contributed by atoms with van der Waals surface area (Å²) in [5.74, 6) is -0.353. The molecule has 126 valence electrons. The molecule has 1 aromatic carbocycles. The van der Waals surface area contributed by atoms with Crippen molar-refractivity contribution in [1.82, 2.24) is 9.99 Å². The van der Waals surface area contributed by atoms with Crippen LogP contribution in [0.1, 0.15) is 17.3 Å². The normalized spacial score (nSPS) is 17.0. The van der Waals surface area contributed by atoms with E-state index in [-0.39, 0.29) is 0 Å². The lowest BCUT2D eigenvalue weighted by atomic mass is 10.2. The van der Waals surface area contributed by atoms with Gasteiger partial charge in [0.2, 0.25) is 0 Å². The topological polar surface area (TPSA) is 96.6 Å². The van der Waals surface area contributed by atoms with Crippen LogP contribution in [0.25, 0.3) is 0 Å². The van der Waals surface area contributed by atoms with Gasteiger partial charge < -0.3 is 4.74 Å². The molecule has 0 saturated heterocycles. The smallest absolute Gasteiger partial charge is 0.282 e. The van der Waals surface area contributed by atoms with E-state index in [0.29, 0.717) is 22.7 Å². The number of hydrogen-bond acceptors (Lipinski definition) is 7. The van der Waals surface area contributed by atoms with E-state index in [1.165, 1.54) is 24.5 Å². The highest BCUT2D eigenvalue weighted by atomic mass is 16.5. The number of benzene rings is 1. The summed E-state index contributed by atoms with van der Waals surface area (Å²) in [6.07, 6.45) is 2.95. The number of pyridine rings is 1. The molecule has 1 aliphatic rings. The van der Waals surface area contributed by atoms with Crippen LogP contribution in [0.4, 0.5) is 5.69 Å². The first kappa shape index (κ1) is 16.4. The van der Waals surface area contributed by atoms with Crippen molar-refractivity contribution in [2.45, 2.75) is 13.0 Å². The highest BCUT2D eigenvalue weighted by molar-refractivity contribution is 6.18. The molecule has 0 spiro atoms. The second-order valence-corrected chi connectivity index (χ2v) is 5.25. The van der Waals surface area contributed by atoms with Crippen LogP contribution in [0.5, 0.6) is 5.75 Å². The molecule has 25 heavy (non-hydrogen) atoms. The molecule has 0 saturated carbocycles. The summed E-state index contributed by atoms with van der Waals surface area (Å²) in [7, 11) is 1.57. The molecule has 0 bridgehead atoms. The van der Waals surface area contributed by atoms with E-state index in [1.54, 1.807) is 38.3 Å². The zero-order valence-corrected chi connectivity index (χ0v) is 13.7. The molecule has 0 aliphatic carbocycles. The van der Waals surface area contributed by atoms with Crippen LogP contribution in [-0.2, 0) is 4.79 Å². The summed E-state index contributed by atoms with van der Waals surface area (Å²) < 4.78 is 5.07. The number of aromatic nitrogens is 1. The molecule has 1 aliphatic heterocycles. The van der Waals surface area contributed by atoms with Gasteiger partial charge in [0.1, 0.15) is 5.75 Å². The highest BCUT2D eigenvalue weighted by Gasteiger charge is 2.38. The third-order valence-corrected chi connectivity index (χ3v) is 3.58. The second-order valence-electron chi connectivity index (χ2n) is 5.25. The first-order chi connectivity index (χ1) is 12.1. The van der Waals surface area contributed by atoms with Gasteiger partial charge in [0.25, 0.3) is 11.8 Å². The van der Waals surface area contributed by atoms with Gasteiger partial charge in [0.05, 0.1) is 18.5 Å². The number of azo groups is 1. The Bertz CT molecular complexity index is 846. The first-order valence-electron chi connectivity index (χ1n) is 7.48. The second kappa shape index (κ2) is 7.00. The summed E-state index contributed by atoms with van der Waals surface area (Å²) in [4.78, 5) is 28.7. The van der Waals surface area contributed by atoms with Crippen molar-refractivity contribution < 1.29 is 14.3 Å². The summed E-state index contributed by atoms with van der Waals surface area (Å²) in [6, 6.07) is 9.05. The molecule has 8 heteroatoms. The Balaban J connectivity index is 1.75. The molecular weight excluding hydrogens is 322 g/mol. The summed E-state index contributed by atoms with van der Waals surface area (Å²) in [5.41, 5.74) is 1.30. The molecule has 3 rings (SSSR count). The van der Waals surface area contributed by atoms with E-state index in [2.05, 4.69) is 20.3 Å².